The fourth-order valence-electron chi connectivity index (χ4n) is 3.34. The topological polar surface area (TPSA) is 20.3 Å². The molecule has 106 valence electrons. The molecule has 3 rings (SSSR count). The van der Waals surface area contributed by atoms with E-state index in [0.717, 1.165) is 44.2 Å². The van der Waals surface area contributed by atoms with Crippen LogP contribution in [-0.2, 0) is 4.79 Å². The molecule has 1 aliphatic heterocycles. The lowest BCUT2D eigenvalue weighted by atomic mass is 9.92. The molecule has 0 radical (unpaired) electrons. The van der Waals surface area contributed by atoms with Crippen LogP contribution >= 0.6 is 0 Å². The molecule has 1 amide bonds. The highest BCUT2D eigenvalue weighted by Gasteiger charge is 2.33. The van der Waals surface area contributed by atoms with Gasteiger partial charge in [-0.2, -0.15) is 0 Å². The summed E-state index contributed by atoms with van der Waals surface area (Å²) in [6.45, 7) is 0.806. The van der Waals surface area contributed by atoms with Gasteiger partial charge in [0, 0.05) is 12.5 Å². The molecule has 1 heterocycles. The van der Waals surface area contributed by atoms with Gasteiger partial charge in [0.2, 0.25) is 5.91 Å². The average Bonchev–Trinajstić information content (AvgIpc) is 2.97. The summed E-state index contributed by atoms with van der Waals surface area (Å²) < 4.78 is 13.4. The number of allylic oxidation sites excluding steroid dienone is 2. The second-order valence-electron chi connectivity index (χ2n) is 5.73. The van der Waals surface area contributed by atoms with Crippen LogP contribution in [0.25, 0.3) is 0 Å². The molecule has 0 N–H and O–H groups in total. The molecule has 2 aliphatic rings. The first-order valence-electron chi connectivity index (χ1n) is 7.46. The third-order valence-electron chi connectivity index (χ3n) is 4.39. The number of hydrogen-bond acceptors (Lipinski definition) is 1. The Morgan fingerprint density at radius 2 is 2.15 bits per heavy atom. The summed E-state index contributed by atoms with van der Waals surface area (Å²) in [5.74, 6) is 0.151. The van der Waals surface area contributed by atoms with Gasteiger partial charge in [-0.1, -0.05) is 24.3 Å². The van der Waals surface area contributed by atoms with E-state index in [0.29, 0.717) is 0 Å². The van der Waals surface area contributed by atoms with E-state index in [-0.39, 0.29) is 23.7 Å². The molecule has 2 atom stereocenters. The van der Waals surface area contributed by atoms with Gasteiger partial charge in [-0.05, 0) is 49.8 Å². The van der Waals surface area contributed by atoms with Gasteiger partial charge in [0.1, 0.15) is 5.82 Å². The molecule has 0 bridgehead atoms. The van der Waals surface area contributed by atoms with Gasteiger partial charge >= 0.3 is 0 Å². The summed E-state index contributed by atoms with van der Waals surface area (Å²) in [5.41, 5.74) is 0.933. The highest BCUT2D eigenvalue weighted by atomic mass is 19.1. The lowest BCUT2D eigenvalue weighted by molar-refractivity contribution is -0.136. The Hall–Kier alpha value is -1.64. The third-order valence-corrected chi connectivity index (χ3v) is 4.39. The molecule has 2 nitrogen and oxygen atoms in total. The smallest absolute Gasteiger partial charge is 0.226 e. The Bertz CT molecular complexity index is 525. The largest absolute Gasteiger partial charge is 0.335 e. The third kappa shape index (κ3) is 2.62. The number of amides is 1. The van der Waals surface area contributed by atoms with Gasteiger partial charge in [-0.25, -0.2) is 4.39 Å². The van der Waals surface area contributed by atoms with Crippen molar-refractivity contribution in [3.05, 3.63) is 47.8 Å². The molecule has 1 fully saturated rings. The molecule has 1 saturated heterocycles. The van der Waals surface area contributed by atoms with Gasteiger partial charge < -0.3 is 4.90 Å². The normalized spacial score (nSPS) is 25.9. The first-order chi connectivity index (χ1) is 9.75. The van der Waals surface area contributed by atoms with E-state index in [1.807, 2.05) is 11.0 Å². The van der Waals surface area contributed by atoms with Crippen LogP contribution in [0.3, 0.4) is 0 Å². The van der Waals surface area contributed by atoms with Crippen molar-refractivity contribution in [2.45, 2.75) is 38.1 Å². The van der Waals surface area contributed by atoms with Crippen LogP contribution in [-0.4, -0.2) is 17.4 Å². The lowest BCUT2D eigenvalue weighted by Gasteiger charge is -2.29. The van der Waals surface area contributed by atoms with E-state index < -0.39 is 0 Å². The van der Waals surface area contributed by atoms with Crippen LogP contribution < -0.4 is 0 Å². The Kier molecular flexibility index (Phi) is 3.86. The second kappa shape index (κ2) is 5.78. The zero-order chi connectivity index (χ0) is 13.9. The minimum atomic E-state index is -0.220. The summed E-state index contributed by atoms with van der Waals surface area (Å²) in [7, 11) is 0. The molecule has 0 aromatic heterocycles. The summed E-state index contributed by atoms with van der Waals surface area (Å²) in [5, 5.41) is 0. The first kappa shape index (κ1) is 13.3. The number of benzene rings is 1. The second-order valence-corrected chi connectivity index (χ2v) is 5.73. The molecule has 0 unspecified atom stereocenters. The van der Waals surface area contributed by atoms with Crippen molar-refractivity contribution in [1.82, 2.24) is 4.90 Å². The molecule has 20 heavy (non-hydrogen) atoms. The molecular formula is C17H20FNO. The molecule has 0 spiro atoms. The minimum absolute atomic E-state index is 0.0594. The van der Waals surface area contributed by atoms with Crippen molar-refractivity contribution in [3.63, 3.8) is 0 Å². The zero-order valence-corrected chi connectivity index (χ0v) is 11.6. The zero-order valence-electron chi connectivity index (χ0n) is 11.6. The number of carbonyl (C=O) groups excluding carboxylic acids is 1. The summed E-state index contributed by atoms with van der Waals surface area (Å²) in [6, 6.07) is 6.74. The molecule has 1 aromatic rings. The highest BCUT2D eigenvalue weighted by Crippen LogP contribution is 2.35. The maximum atomic E-state index is 13.4. The maximum Gasteiger partial charge on any atom is 0.226 e. The van der Waals surface area contributed by atoms with Crippen molar-refractivity contribution < 1.29 is 9.18 Å². The molecule has 1 aromatic carbocycles. The molecular weight excluding hydrogens is 253 g/mol. The molecule has 0 saturated carbocycles. The number of hydrogen-bond donors (Lipinski definition) is 0. The lowest BCUT2D eigenvalue weighted by Crippen LogP contribution is -2.36. The van der Waals surface area contributed by atoms with Gasteiger partial charge in [0.05, 0.1) is 6.04 Å². The van der Waals surface area contributed by atoms with Crippen LogP contribution in [0.15, 0.2) is 36.4 Å². The summed E-state index contributed by atoms with van der Waals surface area (Å²) >= 11 is 0. The SMILES string of the molecule is O=C([C@@H]1CC=CCC1)N1CCC[C@@H]1c1cccc(F)c1. The standard InChI is InChI=1S/C17H20FNO/c18-15-9-4-8-14(12-15)16-10-5-11-19(16)17(20)13-6-2-1-3-7-13/h1-2,4,8-9,12-13,16H,3,5-7,10-11H2/t13-,16-/m1/s1. The van der Waals surface area contributed by atoms with Crippen LogP contribution in [0.5, 0.6) is 0 Å². The summed E-state index contributed by atoms with van der Waals surface area (Å²) in [6.07, 6.45) is 9.01. The van der Waals surface area contributed by atoms with E-state index in [9.17, 15) is 9.18 Å². The van der Waals surface area contributed by atoms with Gasteiger partial charge in [0.15, 0.2) is 0 Å². The molecule has 3 heteroatoms. The van der Waals surface area contributed by atoms with E-state index in [4.69, 9.17) is 0 Å². The number of nitrogens with zero attached hydrogens (tertiary/aromatic N) is 1. The van der Waals surface area contributed by atoms with Gasteiger partial charge in [-0.3, -0.25) is 4.79 Å². The van der Waals surface area contributed by atoms with Crippen molar-refractivity contribution in [1.29, 1.82) is 0 Å². The van der Waals surface area contributed by atoms with Crippen LogP contribution in [0.1, 0.15) is 43.7 Å². The fraction of sp³-hybridized carbons (Fsp3) is 0.471. The van der Waals surface area contributed by atoms with Crippen LogP contribution in [0.2, 0.25) is 0 Å². The first-order valence-corrected chi connectivity index (χ1v) is 7.46. The van der Waals surface area contributed by atoms with Crippen molar-refractivity contribution in [2.24, 2.45) is 5.92 Å². The Morgan fingerprint density at radius 1 is 1.25 bits per heavy atom. The minimum Gasteiger partial charge on any atom is -0.335 e. The molecule has 1 aliphatic carbocycles. The van der Waals surface area contributed by atoms with E-state index in [1.165, 1.54) is 6.07 Å². The van der Waals surface area contributed by atoms with Crippen molar-refractivity contribution >= 4 is 5.91 Å². The fourth-order valence-corrected chi connectivity index (χ4v) is 3.34. The average molecular weight is 273 g/mol. The number of likely N-dealkylation sites (tertiary alicyclic amines) is 1. The monoisotopic (exact) mass is 273 g/mol. The van der Waals surface area contributed by atoms with E-state index in [1.54, 1.807) is 12.1 Å². The number of rotatable bonds is 2. The van der Waals surface area contributed by atoms with Gasteiger partial charge in [0.25, 0.3) is 0 Å². The van der Waals surface area contributed by atoms with E-state index in [2.05, 4.69) is 12.2 Å². The van der Waals surface area contributed by atoms with E-state index >= 15 is 0 Å². The Balaban J connectivity index is 1.78. The highest BCUT2D eigenvalue weighted by molar-refractivity contribution is 5.80. The Labute approximate surface area is 119 Å². The summed E-state index contributed by atoms with van der Waals surface area (Å²) in [4.78, 5) is 14.6. The quantitative estimate of drug-likeness (QED) is 0.750. The predicted molar refractivity (Wildman–Crippen MR) is 76.6 cm³/mol. The maximum absolute atomic E-state index is 13.4. The van der Waals surface area contributed by atoms with Crippen LogP contribution in [0.4, 0.5) is 4.39 Å². The van der Waals surface area contributed by atoms with Crippen molar-refractivity contribution in [3.8, 4) is 0 Å². The van der Waals surface area contributed by atoms with Crippen molar-refractivity contribution in [2.75, 3.05) is 6.54 Å². The number of halogens is 1. The van der Waals surface area contributed by atoms with Crippen LogP contribution in [0, 0.1) is 11.7 Å². The van der Waals surface area contributed by atoms with Gasteiger partial charge in [-0.15, -0.1) is 0 Å². The number of carbonyl (C=O) groups is 1. The predicted octanol–water partition coefficient (Wildman–Crippen LogP) is 3.85. The Morgan fingerprint density at radius 3 is 2.90 bits per heavy atom.